The first-order valence-corrected chi connectivity index (χ1v) is 6.70. The predicted octanol–water partition coefficient (Wildman–Crippen LogP) is 1.45. The molecule has 1 aliphatic carbocycles. The van der Waals surface area contributed by atoms with E-state index in [9.17, 15) is 0 Å². The molecule has 0 bridgehead atoms. The Morgan fingerprint density at radius 1 is 1.12 bits per heavy atom. The lowest BCUT2D eigenvalue weighted by atomic mass is 10.1. The highest BCUT2D eigenvalue weighted by Gasteiger charge is 2.12. The minimum Gasteiger partial charge on any atom is -0.372 e. The van der Waals surface area contributed by atoms with Gasteiger partial charge in [-0.25, -0.2) is 0 Å². The third-order valence-corrected chi connectivity index (χ3v) is 3.81. The number of benzene rings is 1. The number of hydrogen-bond acceptors (Lipinski definition) is 3. The lowest BCUT2D eigenvalue weighted by Crippen LogP contribution is -2.45. The number of hydrogen-bond donors (Lipinski definition) is 2. The molecule has 3 rings (SSSR count). The minimum absolute atomic E-state index is 0.973. The van der Waals surface area contributed by atoms with Crippen LogP contribution in [0, 0.1) is 0 Å². The lowest BCUT2D eigenvalue weighted by Gasteiger charge is -2.27. The van der Waals surface area contributed by atoms with Gasteiger partial charge in [0.05, 0.1) is 6.67 Å². The van der Waals surface area contributed by atoms with Crippen LogP contribution in [0.5, 0.6) is 0 Å². The van der Waals surface area contributed by atoms with Crippen molar-refractivity contribution in [2.45, 2.75) is 19.3 Å². The Hall–Kier alpha value is -1.06. The van der Waals surface area contributed by atoms with Crippen LogP contribution < -0.4 is 10.6 Å². The van der Waals surface area contributed by atoms with E-state index in [0.717, 1.165) is 32.8 Å². The van der Waals surface area contributed by atoms with Crippen LogP contribution in [0.4, 0.5) is 5.69 Å². The third-order valence-electron chi connectivity index (χ3n) is 3.81. The molecule has 92 valence electrons. The standard InChI is InChI=1S/C14H21N3/c1-2-12-4-5-14(10-13(12)3-1)16-11-17-8-6-15-7-9-17/h4-5,10,15-16H,1-3,6-9,11H2. The van der Waals surface area contributed by atoms with Gasteiger partial charge in [-0.15, -0.1) is 0 Å². The molecule has 1 fully saturated rings. The molecule has 1 aliphatic heterocycles. The van der Waals surface area contributed by atoms with Crippen LogP contribution >= 0.6 is 0 Å². The van der Waals surface area contributed by atoms with E-state index in [2.05, 4.69) is 33.7 Å². The first-order chi connectivity index (χ1) is 8.42. The van der Waals surface area contributed by atoms with Crippen LogP contribution in [0.1, 0.15) is 17.5 Å². The van der Waals surface area contributed by atoms with Gasteiger partial charge in [0.15, 0.2) is 0 Å². The van der Waals surface area contributed by atoms with Crippen LogP contribution in [-0.2, 0) is 12.8 Å². The van der Waals surface area contributed by atoms with Crippen LogP contribution in [0.3, 0.4) is 0 Å². The normalized spacial score (nSPS) is 20.2. The summed E-state index contributed by atoms with van der Waals surface area (Å²) in [6.45, 7) is 5.51. The Bertz CT molecular complexity index is 383. The molecule has 0 amide bonds. The second-order valence-corrected chi connectivity index (χ2v) is 5.04. The first kappa shape index (κ1) is 11.1. The number of nitrogens with zero attached hydrogens (tertiary/aromatic N) is 1. The van der Waals surface area contributed by atoms with Gasteiger partial charge in [-0.3, -0.25) is 4.90 Å². The average Bonchev–Trinajstić information content (AvgIpc) is 2.85. The highest BCUT2D eigenvalue weighted by Crippen LogP contribution is 2.24. The Morgan fingerprint density at radius 2 is 1.94 bits per heavy atom. The summed E-state index contributed by atoms with van der Waals surface area (Å²) in [4.78, 5) is 2.46. The van der Waals surface area contributed by atoms with Crippen molar-refractivity contribution in [3.05, 3.63) is 29.3 Å². The summed E-state index contributed by atoms with van der Waals surface area (Å²) in [5, 5.41) is 6.92. The van der Waals surface area contributed by atoms with Crippen molar-refractivity contribution in [1.29, 1.82) is 0 Å². The van der Waals surface area contributed by atoms with Gasteiger partial charge >= 0.3 is 0 Å². The summed E-state index contributed by atoms with van der Waals surface area (Å²) in [6.07, 6.45) is 3.86. The van der Waals surface area contributed by atoms with Crippen LogP contribution in [0.2, 0.25) is 0 Å². The van der Waals surface area contributed by atoms with Crippen molar-refractivity contribution in [3.63, 3.8) is 0 Å². The molecule has 0 radical (unpaired) electrons. The lowest BCUT2D eigenvalue weighted by molar-refractivity contribution is 0.256. The van der Waals surface area contributed by atoms with Crippen LogP contribution in [0.25, 0.3) is 0 Å². The molecule has 0 atom stereocenters. The number of piperazine rings is 1. The molecule has 1 saturated heterocycles. The molecule has 1 aromatic carbocycles. The molecule has 2 aliphatic rings. The van der Waals surface area contributed by atoms with Gasteiger partial charge in [0.25, 0.3) is 0 Å². The summed E-state index contributed by atoms with van der Waals surface area (Å²) in [7, 11) is 0. The summed E-state index contributed by atoms with van der Waals surface area (Å²) in [5.41, 5.74) is 4.39. The Balaban J connectivity index is 1.57. The predicted molar refractivity (Wildman–Crippen MR) is 71.4 cm³/mol. The maximum atomic E-state index is 3.54. The molecule has 1 heterocycles. The fraction of sp³-hybridized carbons (Fsp3) is 0.571. The Morgan fingerprint density at radius 3 is 2.82 bits per heavy atom. The van der Waals surface area contributed by atoms with E-state index in [1.54, 1.807) is 11.1 Å². The van der Waals surface area contributed by atoms with Gasteiger partial charge < -0.3 is 10.6 Å². The molecule has 17 heavy (non-hydrogen) atoms. The number of anilines is 1. The minimum atomic E-state index is 0.973. The highest BCUT2D eigenvalue weighted by molar-refractivity contribution is 5.49. The molecular formula is C14H21N3. The molecule has 0 spiro atoms. The number of aryl methyl sites for hydroxylation is 2. The van der Waals surface area contributed by atoms with E-state index < -0.39 is 0 Å². The molecule has 2 N–H and O–H groups in total. The first-order valence-electron chi connectivity index (χ1n) is 6.70. The molecule has 0 saturated carbocycles. The van der Waals surface area contributed by atoms with E-state index in [0.29, 0.717) is 0 Å². The highest BCUT2D eigenvalue weighted by atomic mass is 15.3. The number of nitrogens with one attached hydrogen (secondary N) is 2. The van der Waals surface area contributed by atoms with Crippen molar-refractivity contribution in [2.24, 2.45) is 0 Å². The van der Waals surface area contributed by atoms with Gasteiger partial charge in [-0.2, -0.15) is 0 Å². The van der Waals surface area contributed by atoms with E-state index in [1.165, 1.54) is 24.9 Å². The van der Waals surface area contributed by atoms with E-state index in [-0.39, 0.29) is 0 Å². The van der Waals surface area contributed by atoms with Crippen molar-refractivity contribution < 1.29 is 0 Å². The molecule has 1 aromatic rings. The van der Waals surface area contributed by atoms with Gasteiger partial charge in [-0.05, 0) is 42.5 Å². The zero-order valence-corrected chi connectivity index (χ0v) is 10.3. The fourth-order valence-corrected chi connectivity index (χ4v) is 2.75. The number of fused-ring (bicyclic) bond motifs is 1. The zero-order chi connectivity index (χ0) is 11.5. The van der Waals surface area contributed by atoms with Crippen molar-refractivity contribution >= 4 is 5.69 Å². The third kappa shape index (κ3) is 2.61. The molecular weight excluding hydrogens is 210 g/mol. The van der Waals surface area contributed by atoms with Crippen LogP contribution in [-0.4, -0.2) is 37.7 Å². The van der Waals surface area contributed by atoms with Crippen molar-refractivity contribution in [2.75, 3.05) is 38.2 Å². The smallest absolute Gasteiger partial charge is 0.0679 e. The Kier molecular flexibility index (Phi) is 3.29. The molecule has 0 aromatic heterocycles. The molecule has 3 nitrogen and oxygen atoms in total. The van der Waals surface area contributed by atoms with Gasteiger partial charge in [0, 0.05) is 31.9 Å². The topological polar surface area (TPSA) is 27.3 Å². The van der Waals surface area contributed by atoms with Crippen LogP contribution in [0.15, 0.2) is 18.2 Å². The van der Waals surface area contributed by atoms with Gasteiger partial charge in [-0.1, -0.05) is 6.07 Å². The Labute approximate surface area is 103 Å². The zero-order valence-electron chi connectivity index (χ0n) is 10.3. The van der Waals surface area contributed by atoms with E-state index in [1.807, 2.05) is 0 Å². The summed E-state index contributed by atoms with van der Waals surface area (Å²) < 4.78 is 0. The van der Waals surface area contributed by atoms with Crippen molar-refractivity contribution in [3.8, 4) is 0 Å². The van der Waals surface area contributed by atoms with E-state index >= 15 is 0 Å². The van der Waals surface area contributed by atoms with E-state index in [4.69, 9.17) is 0 Å². The van der Waals surface area contributed by atoms with Gasteiger partial charge in [0.1, 0.15) is 0 Å². The maximum absolute atomic E-state index is 3.54. The quantitative estimate of drug-likeness (QED) is 0.824. The molecule has 0 unspecified atom stereocenters. The van der Waals surface area contributed by atoms with Gasteiger partial charge in [0.2, 0.25) is 0 Å². The van der Waals surface area contributed by atoms with Crippen molar-refractivity contribution in [1.82, 2.24) is 10.2 Å². The number of rotatable bonds is 3. The summed E-state index contributed by atoms with van der Waals surface area (Å²) in [6, 6.07) is 6.86. The average molecular weight is 231 g/mol. The fourth-order valence-electron chi connectivity index (χ4n) is 2.75. The second-order valence-electron chi connectivity index (χ2n) is 5.04. The maximum Gasteiger partial charge on any atom is 0.0679 e. The second kappa shape index (κ2) is 5.07. The monoisotopic (exact) mass is 231 g/mol. The largest absolute Gasteiger partial charge is 0.372 e. The summed E-state index contributed by atoms with van der Waals surface area (Å²) >= 11 is 0. The summed E-state index contributed by atoms with van der Waals surface area (Å²) in [5.74, 6) is 0. The SMILES string of the molecule is c1cc2c(cc1NCN1CCNCC1)CCC2. The molecule has 3 heteroatoms.